The Bertz CT molecular complexity index is 958. The molecule has 3 rings (SSSR count). The molecule has 0 bridgehead atoms. The summed E-state index contributed by atoms with van der Waals surface area (Å²) in [7, 11) is 5.46. The van der Waals surface area contributed by atoms with Crippen LogP contribution >= 0.6 is 0 Å². The lowest BCUT2D eigenvalue weighted by Crippen LogP contribution is -2.38. The van der Waals surface area contributed by atoms with Crippen molar-refractivity contribution >= 4 is 17.5 Å². The molecule has 0 saturated carbocycles. The van der Waals surface area contributed by atoms with Crippen LogP contribution in [-0.2, 0) is 0 Å². The Labute approximate surface area is 156 Å². The van der Waals surface area contributed by atoms with Crippen LogP contribution in [0.1, 0.15) is 16.1 Å². The number of methoxy groups -OCH3 is 1. The molecule has 0 unspecified atom stereocenters. The van der Waals surface area contributed by atoms with Gasteiger partial charge in [-0.15, -0.1) is 0 Å². The van der Waals surface area contributed by atoms with E-state index in [1.165, 1.54) is 10.8 Å². The van der Waals surface area contributed by atoms with Gasteiger partial charge in [0.25, 0.3) is 5.78 Å². The molecule has 7 heteroatoms. The van der Waals surface area contributed by atoms with Crippen LogP contribution < -0.4 is 19.4 Å². The van der Waals surface area contributed by atoms with Crippen LogP contribution in [0.4, 0.5) is 5.69 Å². The third-order valence-corrected chi connectivity index (χ3v) is 4.00. The predicted octanol–water partition coefficient (Wildman–Crippen LogP) is 2.00. The van der Waals surface area contributed by atoms with Crippen LogP contribution in [0.15, 0.2) is 59.1 Å². The van der Waals surface area contributed by atoms with Crippen molar-refractivity contribution in [3.8, 4) is 17.4 Å². The Hall–Kier alpha value is -3.61. The summed E-state index contributed by atoms with van der Waals surface area (Å²) in [5.41, 5.74) is 2.25. The molecule has 0 saturated heterocycles. The molecular weight excluding hydrogens is 346 g/mol. The zero-order valence-corrected chi connectivity index (χ0v) is 15.2. The van der Waals surface area contributed by atoms with E-state index in [1.54, 1.807) is 37.5 Å². The van der Waals surface area contributed by atoms with Crippen LogP contribution in [0.5, 0.6) is 11.7 Å². The van der Waals surface area contributed by atoms with Gasteiger partial charge in [-0.1, -0.05) is 18.2 Å². The highest BCUT2D eigenvalue weighted by Crippen LogP contribution is 2.17. The number of hydrogen-bond donors (Lipinski definition) is 0. The van der Waals surface area contributed by atoms with Crippen molar-refractivity contribution < 1.29 is 23.8 Å². The summed E-state index contributed by atoms with van der Waals surface area (Å²) in [5.74, 6) is -0.628. The number of carbonyl (C=O) groups excluding carboxylic acids is 1. The summed E-state index contributed by atoms with van der Waals surface area (Å²) in [6, 6.07) is 14.4. The van der Waals surface area contributed by atoms with E-state index < -0.39 is 11.7 Å². The number of anilines is 1. The van der Waals surface area contributed by atoms with E-state index in [9.17, 15) is 9.90 Å². The fourth-order valence-corrected chi connectivity index (χ4v) is 2.49. The van der Waals surface area contributed by atoms with Gasteiger partial charge < -0.3 is 19.3 Å². The van der Waals surface area contributed by atoms with E-state index >= 15 is 0 Å². The highest BCUT2D eigenvalue weighted by Gasteiger charge is 2.25. The maximum absolute atomic E-state index is 12.6. The Morgan fingerprint density at radius 2 is 1.81 bits per heavy atom. The van der Waals surface area contributed by atoms with Gasteiger partial charge in [0, 0.05) is 31.9 Å². The zero-order chi connectivity index (χ0) is 19.4. The number of allylic oxidation sites excluding steroid dienone is 1. The van der Waals surface area contributed by atoms with E-state index in [1.807, 2.05) is 43.3 Å². The molecule has 0 radical (unpaired) electrons. The third-order valence-electron chi connectivity index (χ3n) is 4.00. The van der Waals surface area contributed by atoms with Crippen molar-refractivity contribution in [3.05, 3.63) is 65.9 Å². The number of carbonyl (C=O) groups is 1. The van der Waals surface area contributed by atoms with Crippen molar-refractivity contribution in [2.45, 2.75) is 0 Å². The van der Waals surface area contributed by atoms with Crippen LogP contribution in [-0.4, -0.2) is 32.3 Å². The van der Waals surface area contributed by atoms with E-state index in [0.717, 1.165) is 11.3 Å². The second-order valence-corrected chi connectivity index (χ2v) is 6.00. The summed E-state index contributed by atoms with van der Waals surface area (Å²) in [6.07, 6.45) is 2.98. The predicted molar refractivity (Wildman–Crippen MR) is 98.2 cm³/mol. The maximum atomic E-state index is 12.6. The third kappa shape index (κ3) is 3.98. The molecule has 0 N–H and O–H groups in total. The molecule has 3 aromatic rings. The van der Waals surface area contributed by atoms with Gasteiger partial charge in [0.1, 0.15) is 5.75 Å². The van der Waals surface area contributed by atoms with E-state index in [2.05, 4.69) is 9.79 Å². The van der Waals surface area contributed by atoms with Gasteiger partial charge in [-0.25, -0.2) is 0 Å². The van der Waals surface area contributed by atoms with Gasteiger partial charge in [-0.2, -0.15) is 0 Å². The summed E-state index contributed by atoms with van der Waals surface area (Å²) in [6.45, 7) is 0. The average Bonchev–Trinajstić information content (AvgIpc) is 3.08. The molecule has 0 fully saturated rings. The van der Waals surface area contributed by atoms with Crippen LogP contribution in [0, 0.1) is 0 Å². The van der Waals surface area contributed by atoms with Crippen LogP contribution in [0.2, 0.25) is 0 Å². The number of nitrogens with zero attached hydrogens (tertiary/aromatic N) is 3. The van der Waals surface area contributed by atoms with Crippen LogP contribution in [0.3, 0.4) is 0 Å². The molecule has 27 heavy (non-hydrogen) atoms. The van der Waals surface area contributed by atoms with Gasteiger partial charge in [-0.3, -0.25) is 4.79 Å². The second kappa shape index (κ2) is 7.74. The number of hydrogen-bond acceptors (Lipinski definition) is 6. The summed E-state index contributed by atoms with van der Waals surface area (Å²) < 4.78 is 11.0. The van der Waals surface area contributed by atoms with Gasteiger partial charge in [0.2, 0.25) is 5.69 Å². The molecule has 0 spiro atoms. The first-order valence-corrected chi connectivity index (χ1v) is 8.23. The minimum atomic E-state index is -0.788. The van der Waals surface area contributed by atoms with E-state index in [0.29, 0.717) is 11.4 Å². The smallest absolute Gasteiger partial charge is 0.310 e. The zero-order valence-electron chi connectivity index (χ0n) is 15.2. The molecule has 0 amide bonds. The highest BCUT2D eigenvalue weighted by molar-refractivity contribution is 6.05. The minimum absolute atomic E-state index is 0.165. The summed E-state index contributed by atoms with van der Waals surface area (Å²) in [5, 5.41) is 15.7. The topological polar surface area (TPSA) is 82.5 Å². The molecule has 0 atom stereocenters. The van der Waals surface area contributed by atoms with Crippen LogP contribution in [0.25, 0.3) is 11.8 Å². The maximum Gasteiger partial charge on any atom is 0.310 e. The minimum Gasteiger partial charge on any atom is -0.539 e. The Kier molecular flexibility index (Phi) is 5.21. The van der Waals surface area contributed by atoms with Gasteiger partial charge in [0.15, 0.2) is 5.95 Å². The number of benzene rings is 2. The normalized spacial score (nSPS) is 10.9. The summed E-state index contributed by atoms with van der Waals surface area (Å²) >= 11 is 0. The standard InChI is InChI=1S/C20H19N3O4/c1-22(2)15-7-4-14(5-8-15)6-13-18(24)19-20(25)27-21-23(19)16-9-11-17(26-3)12-10-16/h4-13H,1-3H3/b13-6+. The number of ketones is 1. The Morgan fingerprint density at radius 1 is 1.15 bits per heavy atom. The molecule has 1 heterocycles. The van der Waals surface area contributed by atoms with Gasteiger partial charge >= 0.3 is 5.69 Å². The molecule has 0 aliphatic rings. The van der Waals surface area contributed by atoms with E-state index in [-0.39, 0.29) is 5.69 Å². The van der Waals surface area contributed by atoms with Crippen molar-refractivity contribution in [1.82, 2.24) is 5.27 Å². The van der Waals surface area contributed by atoms with E-state index in [4.69, 9.17) is 4.74 Å². The summed E-state index contributed by atoms with van der Waals surface area (Å²) in [4.78, 5) is 14.5. The quantitative estimate of drug-likeness (QED) is 0.377. The van der Waals surface area contributed by atoms with Crippen molar-refractivity contribution in [2.24, 2.45) is 0 Å². The van der Waals surface area contributed by atoms with Gasteiger partial charge in [-0.05, 0) is 40.6 Å². The monoisotopic (exact) mass is 365 g/mol. The first-order valence-electron chi connectivity index (χ1n) is 8.23. The van der Waals surface area contributed by atoms with Crippen molar-refractivity contribution in [1.29, 1.82) is 0 Å². The highest BCUT2D eigenvalue weighted by atomic mass is 16.6. The Balaban J connectivity index is 1.85. The lowest BCUT2D eigenvalue weighted by molar-refractivity contribution is -0.672. The lowest BCUT2D eigenvalue weighted by Gasteiger charge is -2.11. The first kappa shape index (κ1) is 18.2. The largest absolute Gasteiger partial charge is 0.539 e. The van der Waals surface area contributed by atoms with Crippen molar-refractivity contribution in [2.75, 3.05) is 26.1 Å². The lowest BCUT2D eigenvalue weighted by atomic mass is 10.1. The molecule has 2 aromatic carbocycles. The van der Waals surface area contributed by atoms with Gasteiger partial charge in [0.05, 0.1) is 12.4 Å². The SMILES string of the molecule is COc1ccc(-[n+]2noc([O-])c2C(=O)/C=C/c2ccc(N(C)C)cc2)cc1. The second-order valence-electron chi connectivity index (χ2n) is 6.00. The number of ether oxygens (including phenoxy) is 1. The van der Waals surface area contributed by atoms with Crippen molar-refractivity contribution in [3.63, 3.8) is 0 Å². The molecule has 0 aliphatic heterocycles. The Morgan fingerprint density at radius 3 is 2.41 bits per heavy atom. The first-order chi connectivity index (χ1) is 13.0. The molecule has 1 aromatic heterocycles. The fraction of sp³-hybridized carbons (Fsp3) is 0.150. The molecular formula is C20H19N3O4. The molecule has 138 valence electrons. The molecule has 7 nitrogen and oxygen atoms in total. The number of rotatable bonds is 6. The average molecular weight is 365 g/mol. The molecule has 0 aliphatic carbocycles. The number of aromatic nitrogens is 2. The fourth-order valence-electron chi connectivity index (χ4n) is 2.49.